The highest BCUT2D eigenvalue weighted by molar-refractivity contribution is 6.23. The molecule has 6 rings (SSSR count). The van der Waals surface area contributed by atoms with Crippen molar-refractivity contribution in [2.45, 2.75) is 19.8 Å². The van der Waals surface area contributed by atoms with E-state index in [4.69, 9.17) is 4.74 Å². The first-order valence-corrected chi connectivity index (χ1v) is 9.81. The van der Waals surface area contributed by atoms with Crippen LogP contribution in [0, 0.1) is 54.3 Å². The van der Waals surface area contributed by atoms with Crippen molar-refractivity contribution in [1.29, 1.82) is 0 Å². The van der Waals surface area contributed by atoms with Crippen LogP contribution in [0.2, 0.25) is 0 Å². The molecule has 4 bridgehead atoms. The highest BCUT2D eigenvalue weighted by Crippen LogP contribution is 2.70. The maximum atomic E-state index is 13.3. The number of fused-ring (bicyclic) bond motifs is 12. The fourth-order valence-electron chi connectivity index (χ4n) is 7.36. The SMILES string of the molecule is COc1ccc(N2C(=O)C3C4CC(C3C2=O)C2C3C=CC(C3)C42)c(C)c1. The summed E-state index contributed by atoms with van der Waals surface area (Å²) in [5.74, 6) is 4.10. The fourth-order valence-corrected chi connectivity index (χ4v) is 7.36. The van der Waals surface area contributed by atoms with Gasteiger partial charge in [-0.3, -0.25) is 9.59 Å². The third-order valence-corrected chi connectivity index (χ3v) is 8.08. The van der Waals surface area contributed by atoms with Crippen LogP contribution in [0.4, 0.5) is 5.69 Å². The lowest BCUT2D eigenvalue weighted by molar-refractivity contribution is -0.123. The van der Waals surface area contributed by atoms with Crippen molar-refractivity contribution in [2.24, 2.45) is 47.3 Å². The second kappa shape index (κ2) is 4.79. The second-order valence-corrected chi connectivity index (χ2v) is 8.88. The lowest BCUT2D eigenvalue weighted by Crippen LogP contribution is -2.38. The summed E-state index contributed by atoms with van der Waals surface area (Å²) in [5.41, 5.74) is 1.65. The van der Waals surface area contributed by atoms with Crippen LogP contribution in [0.1, 0.15) is 18.4 Å². The van der Waals surface area contributed by atoms with Crippen molar-refractivity contribution < 1.29 is 14.3 Å². The van der Waals surface area contributed by atoms with Crippen LogP contribution < -0.4 is 9.64 Å². The first kappa shape index (κ1) is 15.0. The summed E-state index contributed by atoms with van der Waals surface area (Å²) in [7, 11) is 1.63. The molecule has 1 saturated heterocycles. The van der Waals surface area contributed by atoms with Gasteiger partial charge in [0.05, 0.1) is 24.6 Å². The number of nitrogens with zero attached hydrogens (tertiary/aromatic N) is 1. The highest BCUT2D eigenvalue weighted by atomic mass is 16.5. The van der Waals surface area contributed by atoms with Gasteiger partial charge in [0.25, 0.3) is 0 Å². The van der Waals surface area contributed by atoms with Crippen molar-refractivity contribution in [3.05, 3.63) is 35.9 Å². The minimum Gasteiger partial charge on any atom is -0.497 e. The lowest BCUT2D eigenvalue weighted by Gasteiger charge is -2.36. The van der Waals surface area contributed by atoms with Crippen molar-refractivity contribution in [3.63, 3.8) is 0 Å². The molecule has 4 aliphatic carbocycles. The molecule has 3 saturated carbocycles. The van der Waals surface area contributed by atoms with Crippen molar-refractivity contribution in [3.8, 4) is 5.75 Å². The predicted octanol–water partition coefficient (Wildman–Crippen LogP) is 3.20. The minimum absolute atomic E-state index is 0.0472. The maximum Gasteiger partial charge on any atom is 0.237 e. The van der Waals surface area contributed by atoms with Crippen molar-refractivity contribution >= 4 is 17.5 Å². The number of hydrogen-bond acceptors (Lipinski definition) is 3. The van der Waals surface area contributed by atoms with E-state index < -0.39 is 0 Å². The van der Waals surface area contributed by atoms with Crippen LogP contribution in [0.15, 0.2) is 30.4 Å². The van der Waals surface area contributed by atoms with Gasteiger partial charge in [0.1, 0.15) is 5.75 Å². The van der Waals surface area contributed by atoms with E-state index in [9.17, 15) is 9.59 Å². The Labute approximate surface area is 153 Å². The van der Waals surface area contributed by atoms with E-state index in [1.807, 2.05) is 25.1 Å². The Morgan fingerprint density at radius 1 is 0.962 bits per heavy atom. The smallest absolute Gasteiger partial charge is 0.237 e. The summed E-state index contributed by atoms with van der Waals surface area (Å²) in [4.78, 5) is 28.2. The molecule has 0 radical (unpaired) electrons. The first-order chi connectivity index (χ1) is 12.6. The number of rotatable bonds is 2. The molecular weight excluding hydrogens is 326 g/mol. The monoisotopic (exact) mass is 349 g/mol. The first-order valence-electron chi connectivity index (χ1n) is 9.81. The van der Waals surface area contributed by atoms with E-state index >= 15 is 0 Å². The lowest BCUT2D eigenvalue weighted by atomic mass is 9.65. The summed E-state index contributed by atoms with van der Waals surface area (Å²) >= 11 is 0. The van der Waals surface area contributed by atoms with E-state index in [0.29, 0.717) is 35.5 Å². The molecule has 1 aromatic carbocycles. The zero-order valence-electron chi connectivity index (χ0n) is 15.1. The zero-order chi connectivity index (χ0) is 17.7. The Morgan fingerprint density at radius 3 is 2.12 bits per heavy atom. The van der Waals surface area contributed by atoms with Gasteiger partial charge in [0.2, 0.25) is 11.8 Å². The Bertz CT molecular complexity index is 832. The highest BCUT2D eigenvalue weighted by Gasteiger charge is 2.71. The maximum absolute atomic E-state index is 13.3. The molecule has 0 spiro atoms. The van der Waals surface area contributed by atoms with Gasteiger partial charge < -0.3 is 4.74 Å². The van der Waals surface area contributed by atoms with E-state index in [-0.39, 0.29) is 23.7 Å². The summed E-state index contributed by atoms with van der Waals surface area (Å²) in [6.45, 7) is 1.94. The number of imide groups is 1. The minimum atomic E-state index is -0.0806. The van der Waals surface area contributed by atoms with Crippen LogP contribution in [0.3, 0.4) is 0 Å². The molecule has 1 aromatic rings. The number of allylic oxidation sites excluding steroid dienone is 2. The number of anilines is 1. The molecule has 0 aromatic heterocycles. The van der Waals surface area contributed by atoms with Gasteiger partial charge in [0, 0.05) is 0 Å². The molecule has 5 aliphatic rings. The van der Waals surface area contributed by atoms with Gasteiger partial charge in [-0.15, -0.1) is 0 Å². The molecule has 4 heteroatoms. The van der Waals surface area contributed by atoms with Crippen LogP contribution in [0.5, 0.6) is 5.75 Å². The number of carbonyl (C=O) groups is 2. The average molecular weight is 349 g/mol. The van der Waals surface area contributed by atoms with E-state index in [1.165, 1.54) is 11.3 Å². The molecular formula is C22H23NO3. The number of ether oxygens (including phenoxy) is 1. The molecule has 8 atom stereocenters. The second-order valence-electron chi connectivity index (χ2n) is 8.88. The quantitative estimate of drug-likeness (QED) is 0.468. The van der Waals surface area contributed by atoms with Crippen LogP contribution in [-0.2, 0) is 9.59 Å². The zero-order valence-corrected chi connectivity index (χ0v) is 15.1. The van der Waals surface area contributed by atoms with Crippen LogP contribution in [-0.4, -0.2) is 18.9 Å². The van der Waals surface area contributed by atoms with Crippen LogP contribution in [0.25, 0.3) is 0 Å². The standard InChI is InChI=1S/C22H23NO3/c1-10-7-13(26-2)5-6-16(10)23-21(24)19-14-9-15(20(19)22(23)25)18-12-4-3-11(8-12)17(14)18/h3-7,11-12,14-15,17-20H,8-9H2,1-2H3. The number of aryl methyl sites for hydroxylation is 1. The van der Waals surface area contributed by atoms with E-state index in [1.54, 1.807) is 7.11 Å². The van der Waals surface area contributed by atoms with Crippen LogP contribution >= 0.6 is 0 Å². The normalized spacial score (nSPS) is 44.2. The molecule has 134 valence electrons. The van der Waals surface area contributed by atoms with E-state index in [2.05, 4.69) is 12.2 Å². The Balaban J connectivity index is 1.39. The number of benzene rings is 1. The van der Waals surface area contributed by atoms with Crippen molar-refractivity contribution in [2.75, 3.05) is 12.0 Å². The van der Waals surface area contributed by atoms with Gasteiger partial charge in [-0.2, -0.15) is 0 Å². The van der Waals surface area contributed by atoms with Crippen molar-refractivity contribution in [1.82, 2.24) is 0 Å². The molecule has 8 unspecified atom stereocenters. The molecule has 2 amide bonds. The molecule has 4 nitrogen and oxygen atoms in total. The Morgan fingerprint density at radius 2 is 1.58 bits per heavy atom. The summed E-state index contributed by atoms with van der Waals surface area (Å²) in [6, 6.07) is 5.60. The van der Waals surface area contributed by atoms with Gasteiger partial charge >= 0.3 is 0 Å². The molecule has 1 aliphatic heterocycles. The number of hydrogen-bond donors (Lipinski definition) is 0. The van der Waals surface area contributed by atoms with E-state index in [0.717, 1.165) is 23.4 Å². The topological polar surface area (TPSA) is 46.6 Å². The fraction of sp³-hybridized carbons (Fsp3) is 0.545. The summed E-state index contributed by atoms with van der Waals surface area (Å²) < 4.78 is 5.27. The summed E-state index contributed by atoms with van der Waals surface area (Å²) in [5, 5.41) is 0. The molecule has 0 N–H and O–H groups in total. The van der Waals surface area contributed by atoms with Gasteiger partial charge in [-0.05, 0) is 79.0 Å². The summed E-state index contributed by atoms with van der Waals surface area (Å²) in [6.07, 6.45) is 7.11. The Kier molecular flexibility index (Phi) is 2.76. The molecule has 4 fully saturated rings. The van der Waals surface area contributed by atoms with Gasteiger partial charge in [-0.25, -0.2) is 4.90 Å². The molecule has 1 heterocycles. The van der Waals surface area contributed by atoms with Gasteiger partial charge in [0.15, 0.2) is 0 Å². The Hall–Kier alpha value is -2.10. The third kappa shape index (κ3) is 1.58. The number of carbonyl (C=O) groups excluding carboxylic acids is 2. The predicted molar refractivity (Wildman–Crippen MR) is 96.5 cm³/mol. The largest absolute Gasteiger partial charge is 0.497 e. The molecule has 26 heavy (non-hydrogen) atoms. The number of amides is 2. The van der Waals surface area contributed by atoms with Gasteiger partial charge in [-0.1, -0.05) is 12.2 Å². The average Bonchev–Trinajstić information content (AvgIpc) is 3.41. The third-order valence-electron chi connectivity index (χ3n) is 8.08. The number of methoxy groups -OCH3 is 1.